The summed E-state index contributed by atoms with van der Waals surface area (Å²) in [6.45, 7) is 4.41. The average Bonchev–Trinajstić information content (AvgIpc) is 2.69. The van der Waals surface area contributed by atoms with Crippen molar-refractivity contribution in [3.8, 4) is 0 Å². The second-order valence-corrected chi connectivity index (χ2v) is 3.86. The van der Waals surface area contributed by atoms with Crippen molar-refractivity contribution in [1.29, 1.82) is 0 Å². The first-order valence-electron chi connectivity index (χ1n) is 4.75. The van der Waals surface area contributed by atoms with Gasteiger partial charge in [0.15, 0.2) is 0 Å². The third-order valence-corrected chi connectivity index (χ3v) is 2.80. The lowest BCUT2D eigenvalue weighted by molar-refractivity contribution is 0.125. The summed E-state index contributed by atoms with van der Waals surface area (Å²) in [6, 6.07) is 3.83. The molecular formula is C10H16BrNO2. The highest BCUT2D eigenvalue weighted by Gasteiger charge is 2.10. The van der Waals surface area contributed by atoms with E-state index in [9.17, 15) is 5.11 Å². The molecular weight excluding hydrogens is 246 g/mol. The maximum absolute atomic E-state index is 9.47. The van der Waals surface area contributed by atoms with Crippen LogP contribution in [0.5, 0.6) is 0 Å². The number of alkyl halides is 1. The molecule has 0 bridgehead atoms. The molecule has 0 aliphatic heterocycles. The largest absolute Gasteiger partial charge is 0.468 e. The van der Waals surface area contributed by atoms with Gasteiger partial charge in [-0.3, -0.25) is 4.90 Å². The zero-order valence-corrected chi connectivity index (χ0v) is 9.90. The molecule has 0 aromatic carbocycles. The second-order valence-electron chi connectivity index (χ2n) is 3.22. The minimum Gasteiger partial charge on any atom is -0.468 e. The maximum Gasteiger partial charge on any atom is 0.117 e. The predicted octanol–water partition coefficient (Wildman–Crippen LogP) is 1.86. The molecule has 1 heterocycles. The summed E-state index contributed by atoms with van der Waals surface area (Å²) in [5.41, 5.74) is 0. The lowest BCUT2D eigenvalue weighted by Gasteiger charge is -2.21. The van der Waals surface area contributed by atoms with Gasteiger partial charge in [-0.1, -0.05) is 22.9 Å². The molecule has 4 heteroatoms. The van der Waals surface area contributed by atoms with E-state index in [2.05, 4.69) is 27.8 Å². The highest BCUT2D eigenvalue weighted by Crippen LogP contribution is 2.06. The predicted molar refractivity (Wildman–Crippen MR) is 59.5 cm³/mol. The summed E-state index contributed by atoms with van der Waals surface area (Å²) in [5, 5.41) is 10.1. The van der Waals surface area contributed by atoms with Crippen molar-refractivity contribution in [2.24, 2.45) is 0 Å². The number of hydrogen-bond acceptors (Lipinski definition) is 3. The van der Waals surface area contributed by atoms with Crippen molar-refractivity contribution in [3.63, 3.8) is 0 Å². The van der Waals surface area contributed by atoms with Crippen LogP contribution in [-0.4, -0.2) is 34.5 Å². The zero-order chi connectivity index (χ0) is 10.4. The number of nitrogens with zero attached hydrogens (tertiary/aromatic N) is 1. The van der Waals surface area contributed by atoms with Gasteiger partial charge in [0.05, 0.1) is 18.9 Å². The Morgan fingerprint density at radius 3 is 2.93 bits per heavy atom. The fraction of sp³-hybridized carbons (Fsp3) is 0.600. The fourth-order valence-electron chi connectivity index (χ4n) is 1.28. The quantitative estimate of drug-likeness (QED) is 0.795. The lowest BCUT2D eigenvalue weighted by atomic mass is 10.3. The Morgan fingerprint density at radius 2 is 2.43 bits per heavy atom. The molecule has 0 saturated heterocycles. The van der Waals surface area contributed by atoms with E-state index in [1.807, 2.05) is 12.1 Å². The Kier molecular flexibility index (Phi) is 5.22. The summed E-state index contributed by atoms with van der Waals surface area (Å²) >= 11 is 3.25. The van der Waals surface area contributed by atoms with Crippen molar-refractivity contribution in [2.75, 3.05) is 18.4 Å². The first-order chi connectivity index (χ1) is 6.76. The summed E-state index contributed by atoms with van der Waals surface area (Å²) in [5.74, 6) is 0.939. The Balaban J connectivity index is 2.39. The van der Waals surface area contributed by atoms with E-state index in [1.54, 1.807) is 6.26 Å². The summed E-state index contributed by atoms with van der Waals surface area (Å²) in [7, 11) is 0. The SMILES string of the molecule is CCN(Cc1ccco1)CC(O)CBr. The number of aliphatic hydroxyl groups is 1. The van der Waals surface area contributed by atoms with Gasteiger partial charge in [-0.05, 0) is 18.7 Å². The number of rotatable bonds is 6. The van der Waals surface area contributed by atoms with Crippen molar-refractivity contribution in [1.82, 2.24) is 4.90 Å². The van der Waals surface area contributed by atoms with Gasteiger partial charge in [0.25, 0.3) is 0 Å². The highest BCUT2D eigenvalue weighted by atomic mass is 79.9. The van der Waals surface area contributed by atoms with E-state index in [1.165, 1.54) is 0 Å². The molecule has 1 atom stereocenters. The van der Waals surface area contributed by atoms with Crippen molar-refractivity contribution >= 4 is 15.9 Å². The smallest absolute Gasteiger partial charge is 0.117 e. The van der Waals surface area contributed by atoms with Gasteiger partial charge in [-0.15, -0.1) is 0 Å². The third-order valence-electron chi connectivity index (χ3n) is 2.05. The number of halogens is 1. The summed E-state index contributed by atoms with van der Waals surface area (Å²) in [4.78, 5) is 2.14. The lowest BCUT2D eigenvalue weighted by Crippen LogP contribution is -2.32. The van der Waals surface area contributed by atoms with Gasteiger partial charge < -0.3 is 9.52 Å². The van der Waals surface area contributed by atoms with Crippen LogP contribution in [0.1, 0.15) is 12.7 Å². The van der Waals surface area contributed by atoms with Crippen LogP contribution in [0.4, 0.5) is 0 Å². The van der Waals surface area contributed by atoms with Gasteiger partial charge >= 0.3 is 0 Å². The molecule has 0 saturated carbocycles. The van der Waals surface area contributed by atoms with Crippen LogP contribution in [0, 0.1) is 0 Å². The molecule has 0 radical (unpaired) electrons. The van der Waals surface area contributed by atoms with Crippen LogP contribution in [0.3, 0.4) is 0 Å². The van der Waals surface area contributed by atoms with Gasteiger partial charge in [-0.2, -0.15) is 0 Å². The zero-order valence-electron chi connectivity index (χ0n) is 8.32. The van der Waals surface area contributed by atoms with E-state index >= 15 is 0 Å². The van der Waals surface area contributed by atoms with Crippen LogP contribution in [-0.2, 0) is 6.54 Å². The van der Waals surface area contributed by atoms with E-state index in [-0.39, 0.29) is 6.10 Å². The molecule has 14 heavy (non-hydrogen) atoms. The number of furan rings is 1. The summed E-state index contributed by atoms with van der Waals surface area (Å²) < 4.78 is 5.25. The molecule has 3 nitrogen and oxygen atoms in total. The Labute approximate surface area is 92.8 Å². The Bertz CT molecular complexity index is 238. The van der Waals surface area contributed by atoms with Gasteiger partial charge in [0.2, 0.25) is 0 Å². The number of likely N-dealkylation sites (N-methyl/N-ethyl adjacent to an activating group) is 1. The summed E-state index contributed by atoms with van der Waals surface area (Å²) in [6.07, 6.45) is 1.36. The molecule has 1 aromatic heterocycles. The molecule has 0 aliphatic rings. The molecule has 1 rings (SSSR count). The van der Waals surface area contributed by atoms with E-state index in [0.717, 1.165) is 18.8 Å². The fourth-order valence-corrected chi connectivity index (χ4v) is 1.48. The Morgan fingerprint density at radius 1 is 1.64 bits per heavy atom. The first-order valence-corrected chi connectivity index (χ1v) is 5.87. The van der Waals surface area contributed by atoms with E-state index in [0.29, 0.717) is 11.9 Å². The second kappa shape index (κ2) is 6.22. The van der Waals surface area contributed by atoms with Gasteiger partial charge in [0.1, 0.15) is 5.76 Å². The molecule has 1 N–H and O–H groups in total. The van der Waals surface area contributed by atoms with Gasteiger partial charge in [-0.25, -0.2) is 0 Å². The molecule has 1 aromatic rings. The highest BCUT2D eigenvalue weighted by molar-refractivity contribution is 9.09. The van der Waals surface area contributed by atoms with Crippen LogP contribution in [0.15, 0.2) is 22.8 Å². The minimum absolute atomic E-state index is 0.315. The number of hydrogen-bond donors (Lipinski definition) is 1. The normalized spacial score (nSPS) is 13.4. The van der Waals surface area contributed by atoms with Crippen molar-refractivity contribution in [3.05, 3.63) is 24.2 Å². The van der Waals surface area contributed by atoms with Crippen LogP contribution in [0.2, 0.25) is 0 Å². The van der Waals surface area contributed by atoms with Crippen LogP contribution in [0.25, 0.3) is 0 Å². The van der Waals surface area contributed by atoms with E-state index in [4.69, 9.17) is 4.42 Å². The standard InChI is InChI=1S/C10H16BrNO2/c1-2-12(7-9(13)6-11)8-10-4-3-5-14-10/h3-5,9,13H,2,6-8H2,1H3. The molecule has 0 fully saturated rings. The maximum atomic E-state index is 9.47. The molecule has 0 aliphatic carbocycles. The molecule has 0 spiro atoms. The van der Waals surface area contributed by atoms with Crippen LogP contribution < -0.4 is 0 Å². The Hall–Kier alpha value is -0.320. The van der Waals surface area contributed by atoms with Gasteiger partial charge in [0, 0.05) is 11.9 Å². The van der Waals surface area contributed by atoms with Crippen molar-refractivity contribution < 1.29 is 9.52 Å². The monoisotopic (exact) mass is 261 g/mol. The molecule has 80 valence electrons. The average molecular weight is 262 g/mol. The third kappa shape index (κ3) is 3.82. The minimum atomic E-state index is -0.315. The number of aliphatic hydroxyl groups excluding tert-OH is 1. The van der Waals surface area contributed by atoms with E-state index < -0.39 is 0 Å². The molecule has 0 amide bonds. The molecule has 1 unspecified atom stereocenters. The first kappa shape index (κ1) is 11.8. The van der Waals surface area contributed by atoms with Crippen LogP contribution >= 0.6 is 15.9 Å². The van der Waals surface area contributed by atoms with Crippen molar-refractivity contribution in [2.45, 2.75) is 19.6 Å². The topological polar surface area (TPSA) is 36.6 Å².